The Hall–Kier alpha value is -3.85. The van der Waals surface area contributed by atoms with Crippen LogP contribution in [-0.2, 0) is 16.2 Å². The van der Waals surface area contributed by atoms with Gasteiger partial charge in [-0.05, 0) is 47.0 Å². The van der Waals surface area contributed by atoms with Gasteiger partial charge in [0.25, 0.3) is 0 Å². The van der Waals surface area contributed by atoms with Crippen molar-refractivity contribution in [3.63, 3.8) is 0 Å². The number of nitrogens with zero attached hydrogens (tertiary/aromatic N) is 2. The quantitative estimate of drug-likeness (QED) is 0.353. The van der Waals surface area contributed by atoms with E-state index in [1.807, 2.05) is 43.3 Å². The molecule has 8 nitrogen and oxygen atoms in total. The van der Waals surface area contributed by atoms with E-state index in [9.17, 15) is 9.59 Å². The zero-order valence-electron chi connectivity index (χ0n) is 18.4. The molecule has 9 heteroatoms. The van der Waals surface area contributed by atoms with Gasteiger partial charge in [0.05, 0.1) is 19.2 Å². The molecule has 0 aliphatic carbocycles. The van der Waals surface area contributed by atoms with Crippen LogP contribution >= 0.6 is 11.8 Å². The third kappa shape index (κ3) is 5.74. The monoisotopic (exact) mass is 477 g/mol. The second-order valence-electron chi connectivity index (χ2n) is 7.41. The Morgan fingerprint density at radius 1 is 1.12 bits per heavy atom. The van der Waals surface area contributed by atoms with Gasteiger partial charge in [-0.2, -0.15) is 5.10 Å². The molecule has 174 valence electrons. The second kappa shape index (κ2) is 10.8. The van der Waals surface area contributed by atoms with Gasteiger partial charge in [0, 0.05) is 0 Å². The van der Waals surface area contributed by atoms with Crippen molar-refractivity contribution >= 4 is 45.8 Å². The lowest BCUT2D eigenvalue weighted by Gasteiger charge is -2.13. The van der Waals surface area contributed by atoms with Gasteiger partial charge in [-0.15, -0.1) is 5.10 Å². The van der Waals surface area contributed by atoms with Crippen LogP contribution in [0.25, 0.3) is 10.8 Å². The number of aliphatic carboxylic acids is 1. The molecule has 1 atom stereocenters. The molecule has 1 unspecified atom stereocenters. The number of amidine groups is 1. The third-order valence-electron chi connectivity index (χ3n) is 5.02. The zero-order chi connectivity index (χ0) is 23.9. The first-order valence-corrected chi connectivity index (χ1v) is 11.6. The van der Waals surface area contributed by atoms with E-state index in [4.69, 9.17) is 14.6 Å². The molecule has 1 heterocycles. The maximum Gasteiger partial charge on any atom is 0.305 e. The number of benzene rings is 3. The van der Waals surface area contributed by atoms with E-state index in [2.05, 4.69) is 33.7 Å². The number of carbonyl (C=O) groups excluding carboxylic acids is 1. The van der Waals surface area contributed by atoms with E-state index in [1.165, 1.54) is 6.21 Å². The highest BCUT2D eigenvalue weighted by atomic mass is 32.2. The van der Waals surface area contributed by atoms with Gasteiger partial charge in [0.1, 0.15) is 11.9 Å². The van der Waals surface area contributed by atoms with Crippen LogP contribution in [0.5, 0.6) is 11.5 Å². The van der Waals surface area contributed by atoms with Gasteiger partial charge in [-0.3, -0.25) is 9.59 Å². The summed E-state index contributed by atoms with van der Waals surface area (Å²) in [6.07, 6.45) is 1.26. The number of ether oxygens (including phenoxy) is 2. The molecule has 0 radical (unpaired) electrons. The van der Waals surface area contributed by atoms with E-state index in [1.54, 1.807) is 6.07 Å². The number of rotatable bonds is 9. The Balaban J connectivity index is 1.45. The molecule has 0 aromatic heterocycles. The second-order valence-corrected chi connectivity index (χ2v) is 8.60. The lowest BCUT2D eigenvalue weighted by molar-refractivity contribution is -0.138. The van der Waals surface area contributed by atoms with Crippen molar-refractivity contribution in [2.45, 2.75) is 25.2 Å². The predicted molar refractivity (Wildman–Crippen MR) is 133 cm³/mol. The van der Waals surface area contributed by atoms with Gasteiger partial charge in [-0.1, -0.05) is 54.2 Å². The van der Waals surface area contributed by atoms with Crippen LogP contribution in [0.2, 0.25) is 0 Å². The molecule has 3 aromatic carbocycles. The summed E-state index contributed by atoms with van der Waals surface area (Å²) in [5, 5.41) is 21.3. The van der Waals surface area contributed by atoms with E-state index in [0.29, 0.717) is 24.7 Å². The van der Waals surface area contributed by atoms with Crippen molar-refractivity contribution in [2.75, 3.05) is 6.61 Å². The molecule has 0 saturated carbocycles. The fourth-order valence-electron chi connectivity index (χ4n) is 3.46. The van der Waals surface area contributed by atoms with Gasteiger partial charge >= 0.3 is 5.97 Å². The van der Waals surface area contributed by atoms with Crippen LogP contribution in [0.15, 0.2) is 70.9 Å². The first-order valence-electron chi connectivity index (χ1n) is 10.7. The van der Waals surface area contributed by atoms with Gasteiger partial charge in [0.15, 0.2) is 16.7 Å². The standard InChI is InChI=1S/C25H23N3O5S/c1-2-32-21-12-16(14-26-28-25-27-24(31)22(34-25)13-23(29)30)10-11-20(21)33-15-18-8-5-7-17-6-3-4-9-19(17)18/h3-12,14,22H,2,13,15H2,1H3,(H,29,30)(H,27,28,31). The summed E-state index contributed by atoms with van der Waals surface area (Å²) in [7, 11) is 0. The number of thioether (sulfide) groups is 1. The summed E-state index contributed by atoms with van der Waals surface area (Å²) in [4.78, 5) is 22.6. The number of hydrogen-bond acceptors (Lipinski definition) is 7. The Morgan fingerprint density at radius 3 is 2.76 bits per heavy atom. The minimum absolute atomic E-state index is 0.267. The Bertz CT molecular complexity index is 1270. The van der Waals surface area contributed by atoms with E-state index in [-0.39, 0.29) is 17.5 Å². The van der Waals surface area contributed by atoms with Crippen LogP contribution < -0.4 is 14.8 Å². The summed E-state index contributed by atoms with van der Waals surface area (Å²) in [5.41, 5.74) is 1.82. The maximum atomic E-state index is 11.8. The first-order chi connectivity index (χ1) is 16.5. The molecule has 34 heavy (non-hydrogen) atoms. The topological polar surface area (TPSA) is 110 Å². The molecule has 3 aromatic rings. The highest BCUT2D eigenvalue weighted by Gasteiger charge is 2.32. The maximum absolute atomic E-state index is 11.8. The average molecular weight is 478 g/mol. The molecule has 1 amide bonds. The minimum Gasteiger partial charge on any atom is -0.490 e. The Labute approximate surface area is 200 Å². The number of carbonyl (C=O) groups is 2. The van der Waals surface area contributed by atoms with Crippen LogP contribution in [0, 0.1) is 0 Å². The zero-order valence-corrected chi connectivity index (χ0v) is 19.2. The number of nitrogens with one attached hydrogen (secondary N) is 1. The van der Waals surface area contributed by atoms with Crippen molar-refractivity contribution in [1.82, 2.24) is 5.32 Å². The van der Waals surface area contributed by atoms with Crippen LogP contribution in [-0.4, -0.2) is 40.2 Å². The average Bonchev–Trinajstić information content (AvgIpc) is 3.17. The van der Waals surface area contributed by atoms with E-state index < -0.39 is 11.2 Å². The molecule has 4 rings (SSSR count). The predicted octanol–water partition coefficient (Wildman–Crippen LogP) is 4.21. The van der Waals surface area contributed by atoms with E-state index in [0.717, 1.165) is 33.7 Å². The molecule has 1 fully saturated rings. The summed E-state index contributed by atoms with van der Waals surface area (Å²) >= 11 is 1.05. The fraction of sp³-hybridized carbons (Fsp3) is 0.200. The molecule has 1 saturated heterocycles. The Kier molecular flexibility index (Phi) is 7.44. The largest absolute Gasteiger partial charge is 0.490 e. The number of hydrogen-bond donors (Lipinski definition) is 2. The summed E-state index contributed by atoms with van der Waals surface area (Å²) in [5.74, 6) is -0.214. The number of amides is 1. The SMILES string of the molecule is CCOc1cc(C=N/N=C2/NC(=O)C(CC(=O)O)S2)ccc1OCc1cccc2ccccc12. The number of carboxylic acid groups (broad SMARTS) is 1. The number of carboxylic acids is 1. The highest BCUT2D eigenvalue weighted by molar-refractivity contribution is 8.15. The number of fused-ring (bicyclic) bond motifs is 1. The molecule has 0 spiro atoms. The van der Waals surface area contributed by atoms with Crippen molar-refractivity contribution in [2.24, 2.45) is 10.2 Å². The molecular formula is C25H23N3O5S. The Morgan fingerprint density at radius 2 is 1.94 bits per heavy atom. The molecular weight excluding hydrogens is 454 g/mol. The van der Waals surface area contributed by atoms with Gasteiger partial charge in [0.2, 0.25) is 5.91 Å². The lowest BCUT2D eigenvalue weighted by Crippen LogP contribution is -2.26. The van der Waals surface area contributed by atoms with Crippen LogP contribution in [0.3, 0.4) is 0 Å². The summed E-state index contributed by atoms with van der Waals surface area (Å²) < 4.78 is 11.8. The molecule has 1 aliphatic heterocycles. The highest BCUT2D eigenvalue weighted by Crippen LogP contribution is 2.30. The van der Waals surface area contributed by atoms with Gasteiger partial charge in [-0.25, -0.2) is 0 Å². The van der Waals surface area contributed by atoms with Crippen molar-refractivity contribution in [1.29, 1.82) is 0 Å². The van der Waals surface area contributed by atoms with Crippen molar-refractivity contribution in [3.05, 3.63) is 71.8 Å². The molecule has 1 aliphatic rings. The summed E-state index contributed by atoms with van der Waals surface area (Å²) in [6, 6.07) is 19.8. The first kappa shape index (κ1) is 23.3. The van der Waals surface area contributed by atoms with Gasteiger partial charge < -0.3 is 19.9 Å². The fourth-order valence-corrected chi connectivity index (χ4v) is 4.37. The normalized spacial score (nSPS) is 16.8. The minimum atomic E-state index is -1.04. The summed E-state index contributed by atoms with van der Waals surface area (Å²) in [6.45, 7) is 2.77. The molecule has 2 N–H and O–H groups in total. The van der Waals surface area contributed by atoms with E-state index >= 15 is 0 Å². The van der Waals surface area contributed by atoms with Crippen LogP contribution in [0.1, 0.15) is 24.5 Å². The molecule has 0 bridgehead atoms. The van der Waals surface area contributed by atoms with Crippen molar-refractivity contribution < 1.29 is 24.2 Å². The van der Waals surface area contributed by atoms with Crippen molar-refractivity contribution in [3.8, 4) is 11.5 Å². The third-order valence-corrected chi connectivity index (χ3v) is 6.09. The smallest absolute Gasteiger partial charge is 0.305 e. The van der Waals surface area contributed by atoms with Crippen LogP contribution in [0.4, 0.5) is 0 Å². The lowest BCUT2D eigenvalue weighted by atomic mass is 10.1.